The van der Waals surface area contributed by atoms with Crippen molar-refractivity contribution >= 4 is 23.1 Å². The van der Waals surface area contributed by atoms with E-state index in [0.717, 1.165) is 11.1 Å². The number of amides is 2. The largest absolute Gasteiger partial charge is 0.497 e. The van der Waals surface area contributed by atoms with Crippen LogP contribution in [0.4, 0.5) is 5.69 Å². The molecule has 1 heterocycles. The van der Waals surface area contributed by atoms with Gasteiger partial charge in [-0.3, -0.25) is 14.5 Å². The minimum Gasteiger partial charge on any atom is -0.497 e. The summed E-state index contributed by atoms with van der Waals surface area (Å²) in [5.41, 5.74) is 3.23. The maximum Gasteiger partial charge on any atom is 0.278 e. The van der Waals surface area contributed by atoms with E-state index in [1.807, 2.05) is 63.2 Å². The number of carbonyl (C=O) groups excluding carboxylic acids is 2. The fourth-order valence-corrected chi connectivity index (χ4v) is 3.06. The highest BCUT2D eigenvalue weighted by Crippen LogP contribution is 2.31. The normalized spacial score (nSPS) is 14.3. The Kier molecular flexibility index (Phi) is 5.31. The van der Waals surface area contributed by atoms with Crippen molar-refractivity contribution in [3.8, 4) is 5.75 Å². The Bertz CT molecular complexity index is 898. The number of hydrogen-bond acceptors (Lipinski definition) is 4. The molecule has 5 heteroatoms. The van der Waals surface area contributed by atoms with Gasteiger partial charge < -0.3 is 10.1 Å². The van der Waals surface area contributed by atoms with Crippen LogP contribution in [0.5, 0.6) is 5.75 Å². The zero-order chi connectivity index (χ0) is 19.6. The molecule has 0 saturated carbocycles. The number of ether oxygens (including phenoxy) is 1. The third-order valence-electron chi connectivity index (χ3n) is 4.40. The number of anilines is 1. The Morgan fingerprint density at radius 3 is 2.37 bits per heavy atom. The summed E-state index contributed by atoms with van der Waals surface area (Å²) in [5, 5.41) is 3.15. The average Bonchev–Trinajstić information content (AvgIpc) is 2.87. The fourth-order valence-electron chi connectivity index (χ4n) is 3.06. The summed E-state index contributed by atoms with van der Waals surface area (Å²) in [6.45, 7) is 6.34. The molecule has 0 unspecified atom stereocenters. The van der Waals surface area contributed by atoms with Crippen LogP contribution in [0, 0.1) is 12.8 Å². The number of carbonyl (C=O) groups is 2. The fraction of sp³-hybridized carbons (Fsp3) is 0.273. The number of nitrogens with one attached hydrogen (secondary N) is 1. The third kappa shape index (κ3) is 3.87. The smallest absolute Gasteiger partial charge is 0.278 e. The number of methoxy groups -OCH3 is 1. The van der Waals surface area contributed by atoms with Gasteiger partial charge in [-0.15, -0.1) is 0 Å². The van der Waals surface area contributed by atoms with Gasteiger partial charge in [0.05, 0.1) is 12.7 Å². The average molecular weight is 364 g/mol. The standard InChI is InChI=1S/C22H24N2O3/c1-14(2)13-24-21(25)19(16-10-8-15(3)9-11-16)20(22(24)26)23-17-6-5-7-18(12-17)27-4/h5-12,14,23H,13H2,1-4H3. The van der Waals surface area contributed by atoms with E-state index in [9.17, 15) is 9.59 Å². The first-order valence-electron chi connectivity index (χ1n) is 8.99. The molecule has 0 saturated heterocycles. The molecule has 5 nitrogen and oxygen atoms in total. The van der Waals surface area contributed by atoms with Crippen molar-refractivity contribution in [3.05, 3.63) is 65.4 Å². The van der Waals surface area contributed by atoms with Crippen molar-refractivity contribution in [1.29, 1.82) is 0 Å². The Morgan fingerprint density at radius 1 is 1.04 bits per heavy atom. The molecule has 1 aliphatic heterocycles. The van der Waals surface area contributed by atoms with Crippen molar-refractivity contribution in [2.75, 3.05) is 19.0 Å². The van der Waals surface area contributed by atoms with Gasteiger partial charge in [0, 0.05) is 18.3 Å². The Balaban J connectivity index is 2.05. The highest BCUT2D eigenvalue weighted by molar-refractivity contribution is 6.36. The van der Waals surface area contributed by atoms with E-state index < -0.39 is 0 Å². The number of hydrogen-bond donors (Lipinski definition) is 1. The van der Waals surface area contributed by atoms with Crippen LogP contribution in [0.1, 0.15) is 25.0 Å². The molecule has 0 fully saturated rings. The number of aryl methyl sites for hydroxylation is 1. The molecule has 0 radical (unpaired) electrons. The molecule has 1 N–H and O–H groups in total. The lowest BCUT2D eigenvalue weighted by atomic mass is 10.0. The van der Waals surface area contributed by atoms with Crippen LogP contribution in [-0.4, -0.2) is 30.4 Å². The second-order valence-corrected chi connectivity index (χ2v) is 7.09. The molecule has 0 aromatic heterocycles. The van der Waals surface area contributed by atoms with Crippen LogP contribution >= 0.6 is 0 Å². The number of benzene rings is 2. The second-order valence-electron chi connectivity index (χ2n) is 7.09. The molecule has 27 heavy (non-hydrogen) atoms. The van der Waals surface area contributed by atoms with Crippen LogP contribution in [-0.2, 0) is 9.59 Å². The van der Waals surface area contributed by atoms with E-state index in [-0.39, 0.29) is 17.7 Å². The zero-order valence-electron chi connectivity index (χ0n) is 16.1. The van der Waals surface area contributed by atoms with Gasteiger partial charge in [-0.25, -0.2) is 0 Å². The Labute approximate surface area is 159 Å². The molecule has 0 spiro atoms. The summed E-state index contributed by atoms with van der Waals surface area (Å²) >= 11 is 0. The molecule has 2 aromatic carbocycles. The third-order valence-corrected chi connectivity index (χ3v) is 4.40. The van der Waals surface area contributed by atoms with Crippen LogP contribution < -0.4 is 10.1 Å². The molecule has 0 bridgehead atoms. The summed E-state index contributed by atoms with van der Waals surface area (Å²) < 4.78 is 5.25. The highest BCUT2D eigenvalue weighted by atomic mass is 16.5. The van der Waals surface area contributed by atoms with Gasteiger partial charge in [0.2, 0.25) is 0 Å². The summed E-state index contributed by atoms with van der Waals surface area (Å²) in [6.07, 6.45) is 0. The molecule has 3 rings (SSSR count). The van der Waals surface area contributed by atoms with Crippen LogP contribution in [0.2, 0.25) is 0 Å². The first kappa shape index (κ1) is 18.7. The number of rotatable bonds is 6. The summed E-state index contributed by atoms with van der Waals surface area (Å²) in [5.74, 6) is 0.302. The first-order valence-corrected chi connectivity index (χ1v) is 8.99. The minimum absolute atomic E-state index is 0.188. The zero-order valence-corrected chi connectivity index (χ0v) is 16.1. The predicted octanol–water partition coefficient (Wildman–Crippen LogP) is 3.85. The second kappa shape index (κ2) is 7.66. The Hall–Kier alpha value is -3.08. The first-order chi connectivity index (χ1) is 12.9. The van der Waals surface area contributed by atoms with Crippen LogP contribution in [0.25, 0.3) is 5.57 Å². The van der Waals surface area contributed by atoms with Gasteiger partial charge in [-0.05, 0) is 30.5 Å². The predicted molar refractivity (Wildman–Crippen MR) is 106 cm³/mol. The van der Waals surface area contributed by atoms with Gasteiger partial charge >= 0.3 is 0 Å². The monoisotopic (exact) mass is 364 g/mol. The van der Waals surface area contributed by atoms with E-state index in [2.05, 4.69) is 5.32 Å². The van der Waals surface area contributed by atoms with E-state index in [4.69, 9.17) is 4.74 Å². The van der Waals surface area contributed by atoms with Crippen molar-refractivity contribution in [2.24, 2.45) is 5.92 Å². The maximum atomic E-state index is 13.0. The molecule has 0 aliphatic carbocycles. The summed E-state index contributed by atoms with van der Waals surface area (Å²) in [7, 11) is 1.59. The van der Waals surface area contributed by atoms with Gasteiger partial charge in [0.15, 0.2) is 0 Å². The topological polar surface area (TPSA) is 58.6 Å². The van der Waals surface area contributed by atoms with Gasteiger partial charge in [0.1, 0.15) is 11.4 Å². The summed E-state index contributed by atoms with van der Waals surface area (Å²) in [6, 6.07) is 14.9. The lowest BCUT2D eigenvalue weighted by Gasteiger charge is -2.17. The van der Waals surface area contributed by atoms with Crippen molar-refractivity contribution in [2.45, 2.75) is 20.8 Å². The van der Waals surface area contributed by atoms with Crippen molar-refractivity contribution < 1.29 is 14.3 Å². The molecule has 2 amide bonds. The van der Waals surface area contributed by atoms with Gasteiger partial charge in [-0.2, -0.15) is 0 Å². The van der Waals surface area contributed by atoms with Gasteiger partial charge in [-0.1, -0.05) is 49.7 Å². The molecule has 1 aliphatic rings. The molecular formula is C22H24N2O3. The maximum absolute atomic E-state index is 13.0. The lowest BCUT2D eigenvalue weighted by Crippen LogP contribution is -2.35. The highest BCUT2D eigenvalue weighted by Gasteiger charge is 2.39. The van der Waals surface area contributed by atoms with E-state index in [0.29, 0.717) is 29.3 Å². The quantitative estimate of drug-likeness (QED) is 0.791. The molecule has 2 aromatic rings. The van der Waals surface area contributed by atoms with E-state index in [1.54, 1.807) is 13.2 Å². The van der Waals surface area contributed by atoms with E-state index >= 15 is 0 Å². The van der Waals surface area contributed by atoms with Crippen molar-refractivity contribution in [3.63, 3.8) is 0 Å². The van der Waals surface area contributed by atoms with E-state index in [1.165, 1.54) is 4.90 Å². The van der Waals surface area contributed by atoms with Crippen molar-refractivity contribution in [1.82, 2.24) is 4.90 Å². The Morgan fingerprint density at radius 2 is 1.74 bits per heavy atom. The van der Waals surface area contributed by atoms with Crippen LogP contribution in [0.3, 0.4) is 0 Å². The lowest BCUT2D eigenvalue weighted by molar-refractivity contribution is -0.137. The number of imide groups is 1. The summed E-state index contributed by atoms with van der Waals surface area (Å²) in [4.78, 5) is 27.4. The number of nitrogens with zero attached hydrogens (tertiary/aromatic N) is 1. The molecule has 0 atom stereocenters. The molecule has 140 valence electrons. The van der Waals surface area contributed by atoms with Gasteiger partial charge in [0.25, 0.3) is 11.8 Å². The molecular weight excluding hydrogens is 340 g/mol. The SMILES string of the molecule is COc1cccc(NC2=C(c3ccc(C)cc3)C(=O)N(CC(C)C)C2=O)c1. The minimum atomic E-state index is -0.299. The van der Waals surface area contributed by atoms with Crippen LogP contribution in [0.15, 0.2) is 54.2 Å².